The van der Waals surface area contributed by atoms with Crippen molar-refractivity contribution in [2.45, 2.75) is 37.7 Å². The highest BCUT2D eigenvalue weighted by Gasteiger charge is 2.40. The summed E-state index contributed by atoms with van der Waals surface area (Å²) in [5, 5.41) is 4.78. The van der Waals surface area contributed by atoms with Gasteiger partial charge in [-0.05, 0) is 43.2 Å². The first kappa shape index (κ1) is 22.2. The van der Waals surface area contributed by atoms with E-state index in [1.54, 1.807) is 23.7 Å². The van der Waals surface area contributed by atoms with Crippen LogP contribution in [0.2, 0.25) is 0 Å². The van der Waals surface area contributed by atoms with Crippen LogP contribution in [-0.2, 0) is 12.0 Å². The molecule has 8 heteroatoms. The first-order chi connectivity index (χ1) is 15.5. The Labute approximate surface area is 189 Å². The van der Waals surface area contributed by atoms with Crippen LogP contribution >= 0.6 is 11.3 Å². The van der Waals surface area contributed by atoms with Crippen LogP contribution in [0.4, 0.5) is 8.78 Å². The number of benzene rings is 2. The van der Waals surface area contributed by atoms with Crippen LogP contribution < -0.4 is 14.8 Å². The van der Waals surface area contributed by atoms with Crippen molar-refractivity contribution in [3.8, 4) is 11.5 Å². The average Bonchev–Trinajstić information content (AvgIpc) is 3.49. The van der Waals surface area contributed by atoms with Crippen LogP contribution in [0.3, 0.4) is 0 Å². The maximum absolute atomic E-state index is 14.5. The molecule has 0 bridgehead atoms. The van der Waals surface area contributed by atoms with Crippen LogP contribution in [-0.4, -0.2) is 24.5 Å². The van der Waals surface area contributed by atoms with Crippen molar-refractivity contribution in [1.29, 1.82) is 0 Å². The number of hydrogen-bond donors (Lipinski definition) is 1. The molecule has 1 N–H and O–H groups in total. The molecule has 3 aromatic rings. The number of nitrogens with zero attached hydrogens (tertiary/aromatic N) is 1. The van der Waals surface area contributed by atoms with Gasteiger partial charge in [-0.3, -0.25) is 4.79 Å². The van der Waals surface area contributed by atoms with E-state index in [1.807, 2.05) is 5.38 Å². The van der Waals surface area contributed by atoms with Gasteiger partial charge in [0.05, 0.1) is 18.3 Å². The van der Waals surface area contributed by atoms with Gasteiger partial charge in [0.15, 0.2) is 11.5 Å². The summed E-state index contributed by atoms with van der Waals surface area (Å²) in [7, 11) is 1.50. The van der Waals surface area contributed by atoms with Crippen molar-refractivity contribution >= 4 is 17.2 Å². The Morgan fingerprint density at radius 3 is 2.56 bits per heavy atom. The van der Waals surface area contributed by atoms with E-state index >= 15 is 0 Å². The van der Waals surface area contributed by atoms with Crippen molar-refractivity contribution < 1.29 is 23.0 Å². The number of methoxy groups -OCH3 is 1. The third-order valence-corrected chi connectivity index (χ3v) is 6.56. The third-order valence-electron chi connectivity index (χ3n) is 5.93. The fourth-order valence-corrected chi connectivity index (χ4v) is 4.85. The number of amides is 1. The Hall–Kier alpha value is -3.00. The van der Waals surface area contributed by atoms with Crippen molar-refractivity contribution in [3.05, 3.63) is 75.7 Å². The standard InChI is InChI=1S/C24H24F2N2O3S/c1-30-21-11-16(7-8-20(21)31-12-17-13-32-15-28-17)23(29)27-14-24(9-2-3-10-24)22-18(25)5-4-6-19(22)26/h4-8,11,13,15H,2-3,9-10,12,14H2,1H3,(H,27,29). The summed E-state index contributed by atoms with van der Waals surface area (Å²) in [5.74, 6) is -0.549. The number of thiazole rings is 1. The number of aromatic nitrogens is 1. The van der Waals surface area contributed by atoms with Gasteiger partial charge in [-0.15, -0.1) is 11.3 Å². The van der Waals surface area contributed by atoms with Gasteiger partial charge in [0.1, 0.15) is 18.2 Å². The molecular formula is C24H24F2N2O3S. The lowest BCUT2D eigenvalue weighted by Gasteiger charge is -2.30. The van der Waals surface area contributed by atoms with Crippen LogP contribution in [0.5, 0.6) is 11.5 Å². The Kier molecular flexibility index (Phi) is 6.69. The molecule has 0 spiro atoms. The van der Waals surface area contributed by atoms with Gasteiger partial charge in [-0.1, -0.05) is 18.9 Å². The molecule has 1 amide bonds. The number of carbonyl (C=O) groups is 1. The first-order valence-corrected chi connectivity index (χ1v) is 11.4. The molecule has 1 heterocycles. The summed E-state index contributed by atoms with van der Waals surface area (Å²) in [6.45, 7) is 0.455. The minimum atomic E-state index is -0.744. The zero-order valence-electron chi connectivity index (χ0n) is 17.7. The Morgan fingerprint density at radius 2 is 1.91 bits per heavy atom. The lowest BCUT2D eigenvalue weighted by Crippen LogP contribution is -2.40. The summed E-state index contributed by atoms with van der Waals surface area (Å²) in [5.41, 5.74) is 2.24. The van der Waals surface area contributed by atoms with E-state index in [4.69, 9.17) is 9.47 Å². The molecule has 1 aliphatic carbocycles. The van der Waals surface area contributed by atoms with E-state index < -0.39 is 17.0 Å². The summed E-state index contributed by atoms with van der Waals surface area (Å²) in [6.07, 6.45) is 2.97. The first-order valence-electron chi connectivity index (χ1n) is 10.4. The van der Waals surface area contributed by atoms with E-state index in [1.165, 1.54) is 36.6 Å². The second kappa shape index (κ2) is 9.65. The average molecular weight is 459 g/mol. The number of nitrogens with one attached hydrogen (secondary N) is 1. The molecule has 1 saturated carbocycles. The summed E-state index contributed by atoms with van der Waals surface area (Å²) < 4.78 is 40.2. The number of ether oxygens (including phenoxy) is 2. The smallest absolute Gasteiger partial charge is 0.251 e. The highest BCUT2D eigenvalue weighted by molar-refractivity contribution is 7.07. The van der Waals surface area contributed by atoms with Gasteiger partial charge in [0, 0.05) is 28.5 Å². The SMILES string of the molecule is COc1cc(C(=O)NCC2(c3c(F)cccc3F)CCCC2)ccc1OCc1cscn1. The van der Waals surface area contributed by atoms with E-state index in [9.17, 15) is 13.6 Å². The van der Waals surface area contributed by atoms with E-state index in [2.05, 4.69) is 10.3 Å². The molecule has 1 aromatic heterocycles. The van der Waals surface area contributed by atoms with Gasteiger partial charge in [-0.25, -0.2) is 13.8 Å². The lowest BCUT2D eigenvalue weighted by molar-refractivity contribution is 0.0941. The molecular weight excluding hydrogens is 434 g/mol. The quantitative estimate of drug-likeness (QED) is 0.501. The lowest BCUT2D eigenvalue weighted by atomic mass is 9.78. The Bertz CT molecular complexity index is 1060. The zero-order valence-corrected chi connectivity index (χ0v) is 18.5. The predicted octanol–water partition coefficient (Wildman–Crippen LogP) is 5.25. The van der Waals surface area contributed by atoms with Crippen LogP contribution in [0.25, 0.3) is 0 Å². The highest BCUT2D eigenvalue weighted by Crippen LogP contribution is 2.43. The third kappa shape index (κ3) is 4.60. The molecule has 5 nitrogen and oxygen atoms in total. The van der Waals surface area contributed by atoms with Crippen molar-refractivity contribution in [1.82, 2.24) is 10.3 Å². The number of hydrogen-bond acceptors (Lipinski definition) is 5. The molecule has 1 fully saturated rings. The Balaban J connectivity index is 1.48. The molecule has 4 rings (SSSR count). The largest absolute Gasteiger partial charge is 0.493 e. The minimum absolute atomic E-state index is 0.0705. The molecule has 168 valence electrons. The second-order valence-corrected chi connectivity index (χ2v) is 8.62. The van der Waals surface area contributed by atoms with Crippen molar-refractivity contribution in [3.63, 3.8) is 0 Å². The van der Waals surface area contributed by atoms with E-state index in [-0.39, 0.29) is 18.0 Å². The second-order valence-electron chi connectivity index (χ2n) is 7.90. The van der Waals surface area contributed by atoms with Gasteiger partial charge in [0.25, 0.3) is 5.91 Å². The summed E-state index contributed by atoms with van der Waals surface area (Å²) in [6, 6.07) is 8.81. The Morgan fingerprint density at radius 1 is 1.16 bits per heavy atom. The normalized spacial score (nSPS) is 14.8. The maximum Gasteiger partial charge on any atom is 0.251 e. The molecule has 0 saturated heterocycles. The topological polar surface area (TPSA) is 60.5 Å². The number of rotatable bonds is 8. The van der Waals surface area contributed by atoms with Crippen LogP contribution in [0.15, 0.2) is 47.3 Å². The molecule has 32 heavy (non-hydrogen) atoms. The molecule has 2 aromatic carbocycles. The predicted molar refractivity (Wildman–Crippen MR) is 118 cm³/mol. The maximum atomic E-state index is 14.5. The van der Waals surface area contributed by atoms with Crippen LogP contribution in [0, 0.1) is 11.6 Å². The van der Waals surface area contributed by atoms with Crippen molar-refractivity contribution in [2.24, 2.45) is 0 Å². The summed E-state index contributed by atoms with van der Waals surface area (Å²) >= 11 is 1.48. The minimum Gasteiger partial charge on any atom is -0.493 e. The molecule has 0 aliphatic heterocycles. The molecule has 0 unspecified atom stereocenters. The van der Waals surface area contributed by atoms with Gasteiger partial charge >= 0.3 is 0 Å². The number of halogens is 2. The monoisotopic (exact) mass is 458 g/mol. The summed E-state index contributed by atoms with van der Waals surface area (Å²) in [4.78, 5) is 17.0. The highest BCUT2D eigenvalue weighted by atomic mass is 32.1. The van der Waals surface area contributed by atoms with Gasteiger partial charge in [-0.2, -0.15) is 0 Å². The van der Waals surface area contributed by atoms with E-state index in [0.29, 0.717) is 36.5 Å². The fourth-order valence-electron chi connectivity index (χ4n) is 4.31. The van der Waals surface area contributed by atoms with Crippen molar-refractivity contribution in [2.75, 3.05) is 13.7 Å². The molecule has 1 aliphatic rings. The van der Waals surface area contributed by atoms with Gasteiger partial charge in [0.2, 0.25) is 0 Å². The number of carbonyl (C=O) groups excluding carboxylic acids is 1. The van der Waals surface area contributed by atoms with E-state index in [0.717, 1.165) is 18.5 Å². The van der Waals surface area contributed by atoms with Gasteiger partial charge < -0.3 is 14.8 Å². The fraction of sp³-hybridized carbons (Fsp3) is 0.333. The molecule has 0 radical (unpaired) electrons. The zero-order chi connectivity index (χ0) is 22.6. The van der Waals surface area contributed by atoms with Crippen LogP contribution in [0.1, 0.15) is 47.3 Å². The molecule has 0 atom stereocenters.